The number of rotatable bonds is 4. The van der Waals surface area contributed by atoms with Gasteiger partial charge in [-0.2, -0.15) is 0 Å². The van der Waals surface area contributed by atoms with E-state index < -0.39 is 11.8 Å². The van der Waals surface area contributed by atoms with Gasteiger partial charge in [0.1, 0.15) is 11.5 Å². The molecule has 0 atom stereocenters. The lowest BCUT2D eigenvalue weighted by molar-refractivity contribution is -0.148. The molecule has 1 aromatic rings. The highest BCUT2D eigenvalue weighted by atomic mass is 16.5. The number of ketones is 1. The second-order valence-electron chi connectivity index (χ2n) is 2.90. The van der Waals surface area contributed by atoms with Crippen LogP contribution in [0.3, 0.4) is 0 Å². The summed E-state index contributed by atoms with van der Waals surface area (Å²) < 4.78 is 4.88. The maximum Gasteiger partial charge on any atom is 0.372 e. The van der Waals surface area contributed by atoms with Crippen LogP contribution in [0.5, 0.6) is 11.5 Å². The molecule has 0 amide bonds. The van der Waals surface area contributed by atoms with Gasteiger partial charge in [0.15, 0.2) is 0 Å². The number of carbonyl (C=O) groups is 2. The van der Waals surface area contributed by atoms with E-state index in [-0.39, 0.29) is 17.7 Å². The van der Waals surface area contributed by atoms with Gasteiger partial charge in [0.2, 0.25) is 5.78 Å². The van der Waals surface area contributed by atoms with E-state index in [4.69, 9.17) is 9.84 Å². The fourth-order valence-electron chi connectivity index (χ4n) is 1.08. The zero-order chi connectivity index (χ0) is 11.4. The molecule has 0 saturated heterocycles. The number of phenolic OH excluding ortho intramolecular Hbond substituents is 1. The fourth-order valence-corrected chi connectivity index (χ4v) is 1.08. The number of carboxylic acids is 1. The molecule has 0 unspecified atom stereocenters. The van der Waals surface area contributed by atoms with E-state index in [0.29, 0.717) is 5.75 Å². The van der Waals surface area contributed by atoms with Gasteiger partial charge < -0.3 is 14.9 Å². The van der Waals surface area contributed by atoms with E-state index in [1.54, 1.807) is 0 Å². The number of Topliss-reactive ketones (excluding diaryl/α,β-unsaturated/α-hetero) is 1. The number of aromatic hydroxyl groups is 1. The number of aliphatic carboxylic acids is 1. The number of hydrogen-bond donors (Lipinski definition) is 2. The number of methoxy groups -OCH3 is 1. The first-order valence-electron chi connectivity index (χ1n) is 4.16. The average molecular weight is 210 g/mol. The molecule has 0 aliphatic rings. The molecule has 0 aromatic heterocycles. The van der Waals surface area contributed by atoms with E-state index >= 15 is 0 Å². The molecule has 80 valence electrons. The third kappa shape index (κ3) is 2.70. The summed E-state index contributed by atoms with van der Waals surface area (Å²) in [5.74, 6) is -2.15. The van der Waals surface area contributed by atoms with Crippen LogP contribution in [0.4, 0.5) is 0 Å². The van der Waals surface area contributed by atoms with Crippen LogP contribution in [0.1, 0.15) is 5.56 Å². The Balaban J connectivity index is 2.93. The van der Waals surface area contributed by atoms with Crippen molar-refractivity contribution < 1.29 is 24.5 Å². The lowest BCUT2D eigenvalue weighted by atomic mass is 10.1. The number of carboxylic acid groups (broad SMARTS) is 1. The van der Waals surface area contributed by atoms with Crippen LogP contribution < -0.4 is 4.74 Å². The van der Waals surface area contributed by atoms with Crippen LogP contribution in [0.15, 0.2) is 18.2 Å². The SMILES string of the molecule is COc1ccc(O)c(CC(=O)C(=O)O)c1. The highest BCUT2D eigenvalue weighted by Gasteiger charge is 2.15. The van der Waals surface area contributed by atoms with Crippen molar-refractivity contribution in [3.8, 4) is 11.5 Å². The van der Waals surface area contributed by atoms with Crippen molar-refractivity contribution in [2.45, 2.75) is 6.42 Å². The average Bonchev–Trinajstić information content (AvgIpc) is 2.21. The summed E-state index contributed by atoms with van der Waals surface area (Å²) in [5.41, 5.74) is 0.238. The standard InChI is InChI=1S/C10H10O5/c1-15-7-2-3-8(11)6(4-7)5-9(12)10(13)14/h2-4,11H,5H2,1H3,(H,13,14). The Labute approximate surface area is 85.9 Å². The summed E-state index contributed by atoms with van der Waals surface area (Å²) in [6.45, 7) is 0. The van der Waals surface area contributed by atoms with Gasteiger partial charge in [-0.25, -0.2) is 4.79 Å². The number of carbonyl (C=O) groups excluding carboxylic acids is 1. The zero-order valence-electron chi connectivity index (χ0n) is 8.06. The maximum absolute atomic E-state index is 10.9. The number of phenols is 1. The minimum Gasteiger partial charge on any atom is -0.508 e. The molecule has 0 spiro atoms. The van der Waals surface area contributed by atoms with Crippen molar-refractivity contribution in [1.82, 2.24) is 0 Å². The van der Waals surface area contributed by atoms with Crippen LogP contribution in [0.2, 0.25) is 0 Å². The van der Waals surface area contributed by atoms with Crippen molar-refractivity contribution in [3.63, 3.8) is 0 Å². The maximum atomic E-state index is 10.9. The van der Waals surface area contributed by atoms with E-state index in [0.717, 1.165) is 0 Å². The van der Waals surface area contributed by atoms with Gasteiger partial charge in [-0.15, -0.1) is 0 Å². The molecule has 0 heterocycles. The Morgan fingerprint density at radius 2 is 2.07 bits per heavy atom. The lowest BCUT2D eigenvalue weighted by Crippen LogP contribution is -2.15. The molecule has 0 fully saturated rings. The van der Waals surface area contributed by atoms with Gasteiger partial charge in [0.25, 0.3) is 0 Å². The summed E-state index contributed by atoms with van der Waals surface area (Å²) in [7, 11) is 1.44. The third-order valence-corrected chi connectivity index (χ3v) is 1.88. The van der Waals surface area contributed by atoms with Crippen LogP contribution in [-0.2, 0) is 16.0 Å². The second kappa shape index (κ2) is 4.45. The zero-order valence-corrected chi connectivity index (χ0v) is 8.06. The molecule has 0 aliphatic carbocycles. The van der Waals surface area contributed by atoms with Gasteiger partial charge in [0, 0.05) is 12.0 Å². The number of ether oxygens (including phenoxy) is 1. The summed E-state index contributed by atoms with van der Waals surface area (Å²) in [5, 5.41) is 17.8. The van der Waals surface area contributed by atoms with Crippen LogP contribution in [0.25, 0.3) is 0 Å². The molecule has 0 radical (unpaired) electrons. The van der Waals surface area contributed by atoms with Gasteiger partial charge in [0.05, 0.1) is 7.11 Å². The van der Waals surface area contributed by atoms with Crippen molar-refractivity contribution in [1.29, 1.82) is 0 Å². The smallest absolute Gasteiger partial charge is 0.372 e. The topological polar surface area (TPSA) is 83.8 Å². The summed E-state index contributed by atoms with van der Waals surface area (Å²) >= 11 is 0. The Bertz CT molecular complexity index is 397. The molecule has 0 aliphatic heterocycles. The van der Waals surface area contributed by atoms with Gasteiger partial charge >= 0.3 is 5.97 Å². The fraction of sp³-hybridized carbons (Fsp3) is 0.200. The number of hydrogen-bond acceptors (Lipinski definition) is 4. The van der Waals surface area contributed by atoms with Gasteiger partial charge in [-0.3, -0.25) is 4.79 Å². The third-order valence-electron chi connectivity index (χ3n) is 1.88. The van der Waals surface area contributed by atoms with E-state index in [1.807, 2.05) is 0 Å². The Hall–Kier alpha value is -2.04. The molecule has 0 bridgehead atoms. The molecular formula is C10H10O5. The summed E-state index contributed by atoms with van der Waals surface area (Å²) in [4.78, 5) is 21.2. The number of benzene rings is 1. The van der Waals surface area contributed by atoms with Crippen molar-refractivity contribution >= 4 is 11.8 Å². The minimum atomic E-state index is -1.52. The first kappa shape index (κ1) is 11.0. The molecule has 15 heavy (non-hydrogen) atoms. The summed E-state index contributed by atoms with van der Waals surface area (Å²) in [6.07, 6.45) is -0.349. The first-order valence-corrected chi connectivity index (χ1v) is 4.16. The van der Waals surface area contributed by atoms with Crippen LogP contribution in [0, 0.1) is 0 Å². The quantitative estimate of drug-likeness (QED) is 0.711. The monoisotopic (exact) mass is 210 g/mol. The minimum absolute atomic E-state index is 0.120. The molecular weight excluding hydrogens is 200 g/mol. The highest BCUT2D eigenvalue weighted by Crippen LogP contribution is 2.23. The summed E-state index contributed by atoms with van der Waals surface area (Å²) in [6, 6.07) is 4.30. The van der Waals surface area contributed by atoms with Crippen molar-refractivity contribution in [2.24, 2.45) is 0 Å². The van der Waals surface area contributed by atoms with E-state index in [2.05, 4.69) is 0 Å². The van der Waals surface area contributed by atoms with Crippen molar-refractivity contribution in [3.05, 3.63) is 23.8 Å². The van der Waals surface area contributed by atoms with Crippen LogP contribution >= 0.6 is 0 Å². The molecule has 5 nitrogen and oxygen atoms in total. The Kier molecular flexibility index (Phi) is 3.28. The molecule has 5 heteroatoms. The predicted molar refractivity (Wildman–Crippen MR) is 51.0 cm³/mol. The molecule has 0 saturated carbocycles. The van der Waals surface area contributed by atoms with Crippen LogP contribution in [-0.4, -0.2) is 29.1 Å². The largest absolute Gasteiger partial charge is 0.508 e. The van der Waals surface area contributed by atoms with E-state index in [1.165, 1.54) is 25.3 Å². The molecule has 1 aromatic carbocycles. The Morgan fingerprint density at radius 1 is 1.40 bits per heavy atom. The predicted octanol–water partition coefficient (Wildman–Crippen LogP) is 0.597. The van der Waals surface area contributed by atoms with Gasteiger partial charge in [-0.05, 0) is 18.2 Å². The Morgan fingerprint density at radius 3 is 2.60 bits per heavy atom. The highest BCUT2D eigenvalue weighted by molar-refractivity contribution is 6.33. The van der Waals surface area contributed by atoms with E-state index in [9.17, 15) is 14.7 Å². The second-order valence-corrected chi connectivity index (χ2v) is 2.90. The normalized spacial score (nSPS) is 9.67. The van der Waals surface area contributed by atoms with Crippen molar-refractivity contribution in [2.75, 3.05) is 7.11 Å². The lowest BCUT2D eigenvalue weighted by Gasteiger charge is -2.05. The molecule has 1 rings (SSSR count). The molecule has 2 N–H and O–H groups in total. The first-order chi connectivity index (χ1) is 7.04. The van der Waals surface area contributed by atoms with Gasteiger partial charge in [-0.1, -0.05) is 0 Å².